The first kappa shape index (κ1) is 14.0. The number of amides is 1. The van der Waals surface area contributed by atoms with E-state index in [0.717, 1.165) is 26.2 Å². The van der Waals surface area contributed by atoms with Crippen LogP contribution in [0.4, 0.5) is 0 Å². The van der Waals surface area contributed by atoms with Crippen molar-refractivity contribution in [2.45, 2.75) is 26.7 Å². The number of piperidine rings is 1. The zero-order chi connectivity index (χ0) is 12.5. The van der Waals surface area contributed by atoms with E-state index < -0.39 is 0 Å². The molecule has 0 aromatic carbocycles. The fraction of sp³-hybridized carbons (Fsp3) is 0.643. The van der Waals surface area contributed by atoms with Gasteiger partial charge in [0, 0.05) is 19.2 Å². The van der Waals surface area contributed by atoms with Gasteiger partial charge in [0.1, 0.15) is 0 Å². The van der Waals surface area contributed by atoms with Crippen LogP contribution in [0.3, 0.4) is 0 Å². The van der Waals surface area contributed by atoms with Crippen LogP contribution in [0.25, 0.3) is 0 Å². The Morgan fingerprint density at radius 1 is 1.47 bits per heavy atom. The molecule has 1 unspecified atom stereocenters. The molecule has 1 fully saturated rings. The summed E-state index contributed by atoms with van der Waals surface area (Å²) in [5, 5.41) is 3.39. The summed E-state index contributed by atoms with van der Waals surface area (Å²) < 4.78 is 0. The molecule has 0 saturated carbocycles. The molecule has 0 aliphatic carbocycles. The molecule has 96 valence electrons. The predicted molar refractivity (Wildman–Crippen MR) is 71.8 cm³/mol. The molecule has 0 radical (unpaired) electrons. The zero-order valence-electron chi connectivity index (χ0n) is 11.0. The van der Waals surface area contributed by atoms with Gasteiger partial charge in [-0.1, -0.05) is 18.2 Å². The third-order valence-electron chi connectivity index (χ3n) is 3.11. The van der Waals surface area contributed by atoms with Gasteiger partial charge in [0.05, 0.1) is 0 Å². The van der Waals surface area contributed by atoms with Crippen LogP contribution in [0.5, 0.6) is 0 Å². The van der Waals surface area contributed by atoms with Gasteiger partial charge in [-0.3, -0.25) is 4.79 Å². The van der Waals surface area contributed by atoms with Gasteiger partial charge in [0.2, 0.25) is 5.91 Å². The van der Waals surface area contributed by atoms with Crippen molar-refractivity contribution in [2.24, 2.45) is 5.92 Å². The molecule has 1 aliphatic heterocycles. The molecule has 3 heteroatoms. The monoisotopic (exact) mass is 236 g/mol. The Kier molecular flexibility index (Phi) is 6.63. The van der Waals surface area contributed by atoms with Gasteiger partial charge in [-0.25, -0.2) is 0 Å². The molecule has 1 amide bonds. The van der Waals surface area contributed by atoms with Crippen molar-refractivity contribution >= 4 is 5.91 Å². The molecule has 0 bridgehead atoms. The Hall–Kier alpha value is -1.09. The lowest BCUT2D eigenvalue weighted by Crippen LogP contribution is -2.40. The number of carbonyl (C=O) groups excluding carboxylic acids is 1. The Labute approximate surface area is 105 Å². The van der Waals surface area contributed by atoms with Crippen molar-refractivity contribution in [2.75, 3.05) is 26.2 Å². The molecular weight excluding hydrogens is 212 g/mol. The number of nitrogens with zero attached hydrogens (tertiary/aromatic N) is 1. The highest BCUT2D eigenvalue weighted by Gasteiger charge is 2.18. The van der Waals surface area contributed by atoms with Gasteiger partial charge in [0.25, 0.3) is 0 Å². The largest absolute Gasteiger partial charge is 0.339 e. The molecule has 0 spiro atoms. The molecule has 1 rings (SSSR count). The van der Waals surface area contributed by atoms with Crippen LogP contribution in [0.15, 0.2) is 24.3 Å². The summed E-state index contributed by atoms with van der Waals surface area (Å²) in [6.45, 7) is 7.82. The molecule has 0 aromatic rings. The second-order valence-electron chi connectivity index (χ2n) is 4.47. The minimum atomic E-state index is 0.121. The first-order valence-electron chi connectivity index (χ1n) is 6.57. The summed E-state index contributed by atoms with van der Waals surface area (Å²) in [7, 11) is 0. The van der Waals surface area contributed by atoms with Crippen LogP contribution in [-0.2, 0) is 4.79 Å². The van der Waals surface area contributed by atoms with E-state index in [4.69, 9.17) is 0 Å². The van der Waals surface area contributed by atoms with E-state index in [1.807, 2.05) is 37.0 Å². The average Bonchev–Trinajstić information content (AvgIpc) is 2.37. The van der Waals surface area contributed by atoms with Crippen LogP contribution in [0.2, 0.25) is 0 Å². The minimum Gasteiger partial charge on any atom is -0.339 e. The summed E-state index contributed by atoms with van der Waals surface area (Å²) in [6, 6.07) is 0. The minimum absolute atomic E-state index is 0.121. The smallest absolute Gasteiger partial charge is 0.246 e. The topological polar surface area (TPSA) is 32.3 Å². The third-order valence-corrected chi connectivity index (χ3v) is 3.11. The Balaban J connectivity index is 2.43. The molecule has 1 heterocycles. The number of hydrogen-bond acceptors (Lipinski definition) is 2. The second-order valence-corrected chi connectivity index (χ2v) is 4.47. The summed E-state index contributed by atoms with van der Waals surface area (Å²) in [4.78, 5) is 13.8. The van der Waals surface area contributed by atoms with Crippen LogP contribution < -0.4 is 5.32 Å². The van der Waals surface area contributed by atoms with E-state index in [9.17, 15) is 4.79 Å². The number of hydrogen-bond donors (Lipinski definition) is 1. The summed E-state index contributed by atoms with van der Waals surface area (Å²) in [6.07, 6.45) is 9.73. The molecule has 3 nitrogen and oxygen atoms in total. The summed E-state index contributed by atoms with van der Waals surface area (Å²) >= 11 is 0. The van der Waals surface area contributed by atoms with E-state index >= 15 is 0 Å². The predicted octanol–water partition coefficient (Wildman–Crippen LogP) is 1.97. The molecule has 1 saturated heterocycles. The first-order chi connectivity index (χ1) is 8.27. The fourth-order valence-corrected chi connectivity index (χ4v) is 2.12. The number of rotatable bonds is 5. The van der Waals surface area contributed by atoms with E-state index in [-0.39, 0.29) is 5.91 Å². The first-order valence-corrected chi connectivity index (χ1v) is 6.57. The lowest BCUT2D eigenvalue weighted by molar-refractivity contribution is -0.126. The quantitative estimate of drug-likeness (QED) is 0.584. The Morgan fingerprint density at radius 2 is 2.29 bits per heavy atom. The van der Waals surface area contributed by atoms with E-state index in [0.29, 0.717) is 5.92 Å². The van der Waals surface area contributed by atoms with Crippen LogP contribution in [0, 0.1) is 5.92 Å². The van der Waals surface area contributed by atoms with E-state index in [2.05, 4.69) is 5.32 Å². The van der Waals surface area contributed by atoms with Crippen molar-refractivity contribution < 1.29 is 4.79 Å². The molecule has 1 N–H and O–H groups in total. The molecule has 1 atom stereocenters. The van der Waals surface area contributed by atoms with Crippen LogP contribution in [-0.4, -0.2) is 37.0 Å². The van der Waals surface area contributed by atoms with Gasteiger partial charge in [-0.2, -0.15) is 0 Å². The van der Waals surface area contributed by atoms with Crippen LogP contribution >= 0.6 is 0 Å². The van der Waals surface area contributed by atoms with Crippen molar-refractivity contribution in [3.8, 4) is 0 Å². The summed E-state index contributed by atoms with van der Waals surface area (Å²) in [5.74, 6) is 0.735. The highest BCUT2D eigenvalue weighted by Crippen LogP contribution is 2.11. The normalized spacial score (nSPS) is 21.2. The van der Waals surface area contributed by atoms with Gasteiger partial charge in [-0.15, -0.1) is 0 Å². The van der Waals surface area contributed by atoms with Gasteiger partial charge >= 0.3 is 0 Å². The maximum Gasteiger partial charge on any atom is 0.246 e. The maximum absolute atomic E-state index is 11.9. The molecule has 17 heavy (non-hydrogen) atoms. The zero-order valence-corrected chi connectivity index (χ0v) is 11.0. The number of carbonyl (C=O) groups is 1. The highest BCUT2D eigenvalue weighted by molar-refractivity contribution is 5.87. The average molecular weight is 236 g/mol. The van der Waals surface area contributed by atoms with Crippen molar-refractivity contribution in [1.82, 2.24) is 10.2 Å². The van der Waals surface area contributed by atoms with Crippen molar-refractivity contribution in [3.63, 3.8) is 0 Å². The molecule has 1 aliphatic rings. The second kappa shape index (κ2) is 8.07. The SMILES string of the molecule is CC=C/C=C/C(=O)N(CC)CC1CCCNC1. The number of likely N-dealkylation sites (N-methyl/N-ethyl adjacent to an activating group) is 1. The standard InChI is InChI=1S/C14H24N2O/c1-3-5-6-9-14(17)16(4-2)12-13-8-7-10-15-11-13/h3,5-6,9,13,15H,4,7-8,10-12H2,1-2H3/b5-3?,9-6+. The number of nitrogens with one attached hydrogen (secondary N) is 1. The maximum atomic E-state index is 11.9. The van der Waals surface area contributed by atoms with Crippen molar-refractivity contribution in [1.29, 1.82) is 0 Å². The third kappa shape index (κ3) is 5.18. The van der Waals surface area contributed by atoms with Gasteiger partial charge < -0.3 is 10.2 Å². The van der Waals surface area contributed by atoms with Crippen LogP contribution in [0.1, 0.15) is 26.7 Å². The Morgan fingerprint density at radius 3 is 2.88 bits per heavy atom. The Bertz CT molecular complexity index is 278. The fourth-order valence-electron chi connectivity index (χ4n) is 2.12. The lowest BCUT2D eigenvalue weighted by Gasteiger charge is -2.28. The van der Waals surface area contributed by atoms with E-state index in [1.54, 1.807) is 6.08 Å². The molecular formula is C14H24N2O. The van der Waals surface area contributed by atoms with Gasteiger partial charge in [0.15, 0.2) is 0 Å². The lowest BCUT2D eigenvalue weighted by atomic mass is 9.99. The van der Waals surface area contributed by atoms with E-state index in [1.165, 1.54) is 12.8 Å². The van der Waals surface area contributed by atoms with Crippen molar-refractivity contribution in [3.05, 3.63) is 24.3 Å². The summed E-state index contributed by atoms with van der Waals surface area (Å²) in [5.41, 5.74) is 0. The number of allylic oxidation sites excluding steroid dienone is 3. The highest BCUT2D eigenvalue weighted by atomic mass is 16.2. The van der Waals surface area contributed by atoms with Gasteiger partial charge in [-0.05, 0) is 45.7 Å². The molecule has 0 aromatic heterocycles.